The lowest BCUT2D eigenvalue weighted by Gasteiger charge is -2.11. The van der Waals surface area contributed by atoms with E-state index in [2.05, 4.69) is 10.4 Å². The van der Waals surface area contributed by atoms with Crippen LogP contribution in [0.5, 0.6) is 0 Å². The fourth-order valence-corrected chi connectivity index (χ4v) is 2.03. The maximum atomic E-state index is 11.9. The first kappa shape index (κ1) is 17.5. The number of rotatable bonds is 7. The molecule has 0 fully saturated rings. The lowest BCUT2D eigenvalue weighted by Crippen LogP contribution is -2.31. The minimum Gasteiger partial charge on any atom is -0.467 e. The summed E-state index contributed by atoms with van der Waals surface area (Å²) in [7, 11) is 0. The summed E-state index contributed by atoms with van der Waals surface area (Å²) in [4.78, 5) is 35.3. The molecule has 2 heterocycles. The van der Waals surface area contributed by atoms with Gasteiger partial charge in [-0.15, -0.1) is 0 Å². The van der Waals surface area contributed by atoms with Crippen molar-refractivity contribution in [1.82, 2.24) is 15.1 Å². The van der Waals surface area contributed by atoms with Crippen LogP contribution in [0, 0.1) is 0 Å². The zero-order valence-electron chi connectivity index (χ0n) is 13.5. The van der Waals surface area contributed by atoms with Crippen molar-refractivity contribution in [2.24, 2.45) is 0 Å². The maximum Gasteiger partial charge on any atom is 0.359 e. The lowest BCUT2D eigenvalue weighted by atomic mass is 10.2. The molecule has 0 aliphatic rings. The van der Waals surface area contributed by atoms with Gasteiger partial charge in [0.05, 0.1) is 12.3 Å². The molecule has 8 nitrogen and oxygen atoms in total. The summed E-state index contributed by atoms with van der Waals surface area (Å²) in [6.07, 6.45) is 2.22. The summed E-state index contributed by atoms with van der Waals surface area (Å²) in [5.41, 5.74) is -0.312. The number of nitrogens with one attached hydrogen (secondary N) is 1. The lowest BCUT2D eigenvalue weighted by molar-refractivity contribution is -0.125. The molecule has 1 atom stereocenters. The summed E-state index contributed by atoms with van der Waals surface area (Å²) >= 11 is 0. The maximum absolute atomic E-state index is 11.9. The van der Waals surface area contributed by atoms with Crippen LogP contribution in [0.4, 0.5) is 0 Å². The van der Waals surface area contributed by atoms with Crippen LogP contribution in [0.15, 0.2) is 39.7 Å². The molecule has 1 amide bonds. The number of amides is 1. The Morgan fingerprint density at radius 1 is 1.38 bits per heavy atom. The number of carbonyl (C=O) groups excluding carboxylic acids is 2. The number of nitrogens with zero attached hydrogens (tertiary/aromatic N) is 2. The van der Waals surface area contributed by atoms with E-state index in [-0.39, 0.29) is 17.3 Å². The molecule has 8 heteroatoms. The van der Waals surface area contributed by atoms with Gasteiger partial charge in [-0.2, -0.15) is 5.10 Å². The van der Waals surface area contributed by atoms with Crippen molar-refractivity contribution in [2.75, 3.05) is 6.61 Å². The third-order valence-corrected chi connectivity index (χ3v) is 3.19. The van der Waals surface area contributed by atoms with Gasteiger partial charge in [0.1, 0.15) is 5.76 Å². The van der Waals surface area contributed by atoms with E-state index in [4.69, 9.17) is 9.15 Å². The molecule has 0 bridgehead atoms. The molecule has 0 aromatic carbocycles. The second kappa shape index (κ2) is 8.09. The Bertz CT molecular complexity index is 751. The van der Waals surface area contributed by atoms with E-state index in [0.29, 0.717) is 18.7 Å². The molecule has 24 heavy (non-hydrogen) atoms. The number of hydrogen-bond acceptors (Lipinski definition) is 6. The van der Waals surface area contributed by atoms with Crippen molar-refractivity contribution in [3.05, 3.63) is 52.3 Å². The number of ether oxygens (including phenoxy) is 1. The van der Waals surface area contributed by atoms with Crippen LogP contribution in [0.1, 0.15) is 42.6 Å². The largest absolute Gasteiger partial charge is 0.467 e. The van der Waals surface area contributed by atoms with Gasteiger partial charge in [-0.3, -0.25) is 9.59 Å². The van der Waals surface area contributed by atoms with E-state index in [0.717, 1.165) is 0 Å². The first-order valence-electron chi connectivity index (χ1n) is 7.59. The number of esters is 1. The zero-order chi connectivity index (χ0) is 17.5. The summed E-state index contributed by atoms with van der Waals surface area (Å²) < 4.78 is 11.3. The number of aryl methyl sites for hydroxylation is 1. The van der Waals surface area contributed by atoms with Crippen molar-refractivity contribution in [3.63, 3.8) is 0 Å². The van der Waals surface area contributed by atoms with Gasteiger partial charge in [0, 0.05) is 12.6 Å². The van der Waals surface area contributed by atoms with Gasteiger partial charge < -0.3 is 14.5 Å². The minimum atomic E-state index is -0.763. The van der Waals surface area contributed by atoms with Crippen molar-refractivity contribution >= 4 is 11.9 Å². The van der Waals surface area contributed by atoms with Crippen molar-refractivity contribution in [2.45, 2.75) is 32.9 Å². The van der Waals surface area contributed by atoms with E-state index in [1.165, 1.54) is 23.1 Å². The quantitative estimate of drug-likeness (QED) is 0.766. The number of carbonyl (C=O) groups is 2. The van der Waals surface area contributed by atoms with Gasteiger partial charge in [-0.25, -0.2) is 9.48 Å². The smallest absolute Gasteiger partial charge is 0.359 e. The SMILES string of the molecule is CCCn1nc(C(=O)OCC(=O)NC(C)c2ccco2)ccc1=O. The molecule has 0 spiro atoms. The molecule has 1 unspecified atom stereocenters. The molecule has 2 aromatic rings. The molecule has 0 aliphatic carbocycles. The first-order chi connectivity index (χ1) is 11.5. The predicted molar refractivity (Wildman–Crippen MR) is 84.3 cm³/mol. The minimum absolute atomic E-state index is 0.0186. The Kier molecular flexibility index (Phi) is 5.89. The van der Waals surface area contributed by atoms with Crippen LogP contribution < -0.4 is 10.9 Å². The fourth-order valence-electron chi connectivity index (χ4n) is 2.03. The van der Waals surface area contributed by atoms with Crippen LogP contribution in [-0.4, -0.2) is 28.3 Å². The highest BCUT2D eigenvalue weighted by atomic mass is 16.5. The molecular formula is C16H19N3O5. The molecule has 2 rings (SSSR count). The number of furan rings is 1. The Morgan fingerprint density at radius 2 is 2.17 bits per heavy atom. The predicted octanol–water partition coefficient (Wildman–Crippen LogP) is 1.28. The molecule has 0 saturated heterocycles. The average Bonchev–Trinajstić information content (AvgIpc) is 3.09. The highest BCUT2D eigenvalue weighted by Gasteiger charge is 2.16. The van der Waals surface area contributed by atoms with Crippen molar-refractivity contribution in [3.8, 4) is 0 Å². The summed E-state index contributed by atoms with van der Waals surface area (Å²) in [6, 6.07) is 5.64. The second-order valence-electron chi connectivity index (χ2n) is 5.16. The standard InChI is InChI=1S/C16H19N3O5/c1-3-8-19-15(21)7-6-12(18-19)16(22)24-10-14(20)17-11(2)13-5-4-9-23-13/h4-7,9,11H,3,8,10H2,1-2H3,(H,17,20). The zero-order valence-corrected chi connectivity index (χ0v) is 13.5. The highest BCUT2D eigenvalue weighted by molar-refractivity contribution is 5.89. The molecule has 128 valence electrons. The highest BCUT2D eigenvalue weighted by Crippen LogP contribution is 2.11. The Balaban J connectivity index is 1.89. The molecular weight excluding hydrogens is 314 g/mol. The van der Waals surface area contributed by atoms with Crippen LogP contribution in [0.25, 0.3) is 0 Å². The number of hydrogen-bond donors (Lipinski definition) is 1. The summed E-state index contributed by atoms with van der Waals surface area (Å²) in [5, 5.41) is 6.57. The van der Waals surface area contributed by atoms with Gasteiger partial charge >= 0.3 is 5.97 Å². The molecule has 0 saturated carbocycles. The van der Waals surface area contributed by atoms with Crippen LogP contribution in [0.3, 0.4) is 0 Å². The molecule has 0 aliphatic heterocycles. The topological polar surface area (TPSA) is 103 Å². The van der Waals surface area contributed by atoms with E-state index in [9.17, 15) is 14.4 Å². The van der Waals surface area contributed by atoms with E-state index in [1.54, 1.807) is 19.1 Å². The Labute approximate surface area is 138 Å². The Morgan fingerprint density at radius 3 is 2.83 bits per heavy atom. The van der Waals surface area contributed by atoms with Gasteiger partial charge in [0.25, 0.3) is 11.5 Å². The summed E-state index contributed by atoms with van der Waals surface area (Å²) in [5.74, 6) is -0.627. The molecule has 2 aromatic heterocycles. The monoisotopic (exact) mass is 333 g/mol. The van der Waals surface area contributed by atoms with E-state index in [1.807, 2.05) is 6.92 Å². The van der Waals surface area contributed by atoms with Gasteiger partial charge in [-0.05, 0) is 31.5 Å². The normalized spacial score (nSPS) is 11.8. The molecule has 1 N–H and O–H groups in total. The second-order valence-corrected chi connectivity index (χ2v) is 5.16. The van der Waals surface area contributed by atoms with E-state index >= 15 is 0 Å². The van der Waals surface area contributed by atoms with Crippen molar-refractivity contribution < 1.29 is 18.7 Å². The third-order valence-electron chi connectivity index (χ3n) is 3.19. The Hall–Kier alpha value is -2.90. The number of aromatic nitrogens is 2. The van der Waals surface area contributed by atoms with Crippen LogP contribution in [0.2, 0.25) is 0 Å². The fraction of sp³-hybridized carbons (Fsp3) is 0.375. The van der Waals surface area contributed by atoms with Crippen LogP contribution >= 0.6 is 0 Å². The first-order valence-corrected chi connectivity index (χ1v) is 7.59. The van der Waals surface area contributed by atoms with Crippen molar-refractivity contribution in [1.29, 1.82) is 0 Å². The van der Waals surface area contributed by atoms with Crippen LogP contribution in [-0.2, 0) is 16.1 Å². The summed E-state index contributed by atoms with van der Waals surface area (Å²) in [6.45, 7) is 3.60. The van der Waals surface area contributed by atoms with Gasteiger partial charge in [-0.1, -0.05) is 6.92 Å². The van der Waals surface area contributed by atoms with Gasteiger partial charge in [0.2, 0.25) is 0 Å². The van der Waals surface area contributed by atoms with E-state index < -0.39 is 18.5 Å². The van der Waals surface area contributed by atoms with Gasteiger partial charge in [0.15, 0.2) is 12.3 Å². The third kappa shape index (κ3) is 4.55. The average molecular weight is 333 g/mol. The molecule has 0 radical (unpaired) electrons.